The van der Waals surface area contributed by atoms with Crippen LogP contribution in [0, 0.1) is 23.2 Å². The van der Waals surface area contributed by atoms with E-state index in [-0.39, 0.29) is 29.8 Å². The lowest BCUT2D eigenvalue weighted by Crippen LogP contribution is -2.22. The summed E-state index contributed by atoms with van der Waals surface area (Å²) >= 11 is 0. The number of aliphatic hydroxyl groups is 1. The van der Waals surface area contributed by atoms with Gasteiger partial charge < -0.3 is 10.4 Å². The molecular formula is C14H16F3N3O. The predicted molar refractivity (Wildman–Crippen MR) is 70.4 cm³/mol. The van der Waals surface area contributed by atoms with E-state index in [9.17, 15) is 18.3 Å². The summed E-state index contributed by atoms with van der Waals surface area (Å²) in [5.41, 5.74) is -0.935. The van der Waals surface area contributed by atoms with Gasteiger partial charge in [-0.05, 0) is 36.8 Å². The smallest absolute Gasteiger partial charge is 0.396 e. The van der Waals surface area contributed by atoms with Gasteiger partial charge in [-0.25, -0.2) is 4.98 Å². The maximum absolute atomic E-state index is 12.7. The summed E-state index contributed by atoms with van der Waals surface area (Å²) in [6, 6.07) is 3.76. The average Bonchev–Trinajstić information content (AvgIpc) is 2.91. The topological polar surface area (TPSA) is 68.9 Å². The molecule has 1 aliphatic carbocycles. The number of nitrogens with one attached hydrogen (secondary N) is 1. The van der Waals surface area contributed by atoms with Crippen molar-refractivity contribution in [1.29, 1.82) is 5.26 Å². The van der Waals surface area contributed by atoms with E-state index >= 15 is 0 Å². The Morgan fingerprint density at radius 2 is 2.05 bits per heavy atom. The Morgan fingerprint density at radius 3 is 2.67 bits per heavy atom. The first-order valence-corrected chi connectivity index (χ1v) is 6.78. The molecule has 2 atom stereocenters. The minimum atomic E-state index is -4.54. The molecule has 2 N–H and O–H groups in total. The first-order valence-electron chi connectivity index (χ1n) is 6.78. The Morgan fingerprint density at radius 1 is 1.33 bits per heavy atom. The monoisotopic (exact) mass is 299 g/mol. The highest BCUT2D eigenvalue weighted by atomic mass is 19.4. The van der Waals surface area contributed by atoms with Crippen molar-refractivity contribution in [3.8, 4) is 6.07 Å². The van der Waals surface area contributed by atoms with Crippen LogP contribution in [0.5, 0.6) is 0 Å². The molecule has 7 heteroatoms. The minimum absolute atomic E-state index is 0.0454. The van der Waals surface area contributed by atoms with Crippen molar-refractivity contribution in [2.45, 2.75) is 25.4 Å². The second-order valence-corrected chi connectivity index (χ2v) is 5.22. The van der Waals surface area contributed by atoms with Crippen molar-refractivity contribution >= 4 is 5.82 Å². The lowest BCUT2D eigenvalue weighted by atomic mass is 9.97. The molecular weight excluding hydrogens is 283 g/mol. The third kappa shape index (κ3) is 3.64. The fourth-order valence-corrected chi connectivity index (χ4v) is 2.69. The lowest BCUT2D eigenvalue weighted by Gasteiger charge is -2.19. The normalized spacial score (nSPS) is 22.0. The summed E-state index contributed by atoms with van der Waals surface area (Å²) < 4.78 is 38.0. The number of halogens is 3. The average molecular weight is 299 g/mol. The van der Waals surface area contributed by atoms with Crippen molar-refractivity contribution in [3.63, 3.8) is 0 Å². The number of nitriles is 1. The molecule has 0 aromatic carbocycles. The fourth-order valence-electron chi connectivity index (χ4n) is 2.69. The van der Waals surface area contributed by atoms with E-state index in [0.29, 0.717) is 6.54 Å². The number of pyridine rings is 1. The van der Waals surface area contributed by atoms with Gasteiger partial charge >= 0.3 is 6.18 Å². The van der Waals surface area contributed by atoms with Crippen LogP contribution in [0.1, 0.15) is 30.5 Å². The lowest BCUT2D eigenvalue weighted by molar-refractivity contribution is -0.141. The van der Waals surface area contributed by atoms with Crippen LogP contribution in [-0.4, -0.2) is 23.2 Å². The second-order valence-electron chi connectivity index (χ2n) is 5.22. The molecule has 1 aliphatic rings. The summed E-state index contributed by atoms with van der Waals surface area (Å²) in [7, 11) is 0. The van der Waals surface area contributed by atoms with Gasteiger partial charge in [0.2, 0.25) is 0 Å². The van der Waals surface area contributed by atoms with Crippen molar-refractivity contribution < 1.29 is 18.3 Å². The standard InChI is InChI=1S/C14H16F3N3O/c15-14(16,17)12-5-4-9(6-18)13(20-12)19-7-10-2-1-3-11(10)8-21/h4-5,10-11,21H,1-3,7-8H2,(H,19,20). The molecule has 0 aliphatic heterocycles. The number of rotatable bonds is 4. The highest BCUT2D eigenvalue weighted by Crippen LogP contribution is 2.32. The molecule has 2 rings (SSSR count). The highest BCUT2D eigenvalue weighted by molar-refractivity contribution is 5.52. The van der Waals surface area contributed by atoms with E-state index in [1.165, 1.54) is 0 Å². The van der Waals surface area contributed by atoms with Gasteiger partial charge in [0.25, 0.3) is 0 Å². The third-order valence-corrected chi connectivity index (χ3v) is 3.89. The van der Waals surface area contributed by atoms with Crippen molar-refractivity contribution in [2.75, 3.05) is 18.5 Å². The molecule has 0 spiro atoms. The molecule has 21 heavy (non-hydrogen) atoms. The molecule has 1 aromatic heterocycles. The summed E-state index contributed by atoms with van der Waals surface area (Å²) in [6.45, 7) is 0.488. The first-order chi connectivity index (χ1) is 9.95. The van der Waals surface area contributed by atoms with Crippen LogP contribution in [0.4, 0.5) is 19.0 Å². The number of aliphatic hydroxyl groups excluding tert-OH is 1. The third-order valence-electron chi connectivity index (χ3n) is 3.89. The van der Waals surface area contributed by atoms with Crippen LogP contribution in [0.25, 0.3) is 0 Å². The number of anilines is 1. The van der Waals surface area contributed by atoms with Gasteiger partial charge in [0.05, 0.1) is 5.56 Å². The van der Waals surface area contributed by atoms with Crippen LogP contribution in [0.3, 0.4) is 0 Å². The number of hydrogen-bond donors (Lipinski definition) is 2. The molecule has 4 nitrogen and oxygen atoms in total. The van der Waals surface area contributed by atoms with Crippen molar-refractivity contribution in [3.05, 3.63) is 23.4 Å². The summed E-state index contributed by atoms with van der Waals surface area (Å²) in [5.74, 6) is 0.308. The zero-order chi connectivity index (χ0) is 15.5. The minimum Gasteiger partial charge on any atom is -0.396 e. The predicted octanol–water partition coefficient (Wildman–Crippen LogP) is 2.79. The first kappa shape index (κ1) is 15.6. The number of hydrogen-bond acceptors (Lipinski definition) is 4. The largest absolute Gasteiger partial charge is 0.433 e. The SMILES string of the molecule is N#Cc1ccc(C(F)(F)F)nc1NCC1CCCC1CO. The number of alkyl halides is 3. The number of aromatic nitrogens is 1. The second kappa shape index (κ2) is 6.31. The summed E-state index contributed by atoms with van der Waals surface area (Å²) in [6.07, 6.45) is -1.70. The maximum atomic E-state index is 12.7. The zero-order valence-corrected chi connectivity index (χ0v) is 11.3. The van der Waals surface area contributed by atoms with Gasteiger partial charge in [-0.1, -0.05) is 6.42 Å². The number of nitrogens with zero attached hydrogens (tertiary/aromatic N) is 2. The highest BCUT2D eigenvalue weighted by Gasteiger charge is 2.33. The van der Waals surface area contributed by atoms with Gasteiger partial charge in [-0.2, -0.15) is 18.4 Å². The van der Waals surface area contributed by atoms with Gasteiger partial charge in [-0.3, -0.25) is 0 Å². The molecule has 1 saturated carbocycles. The molecule has 0 bridgehead atoms. The van der Waals surface area contributed by atoms with E-state index in [4.69, 9.17) is 5.26 Å². The summed E-state index contributed by atoms with van der Waals surface area (Å²) in [4.78, 5) is 3.51. The van der Waals surface area contributed by atoms with Crippen molar-refractivity contribution in [2.24, 2.45) is 11.8 Å². The summed E-state index contributed by atoms with van der Waals surface area (Å²) in [5, 5.41) is 21.0. The van der Waals surface area contributed by atoms with Crippen LogP contribution >= 0.6 is 0 Å². The van der Waals surface area contributed by atoms with E-state index in [1.807, 2.05) is 6.07 Å². The zero-order valence-electron chi connectivity index (χ0n) is 11.3. The van der Waals surface area contributed by atoms with Crippen molar-refractivity contribution in [1.82, 2.24) is 4.98 Å². The maximum Gasteiger partial charge on any atom is 0.433 e. The molecule has 0 radical (unpaired) electrons. The Bertz CT molecular complexity index is 539. The van der Waals surface area contributed by atoms with Gasteiger partial charge in [0.15, 0.2) is 0 Å². The fraction of sp³-hybridized carbons (Fsp3) is 0.571. The van der Waals surface area contributed by atoms with Gasteiger partial charge in [0, 0.05) is 13.2 Å². The van der Waals surface area contributed by atoms with E-state index in [0.717, 1.165) is 31.4 Å². The van der Waals surface area contributed by atoms with E-state index in [2.05, 4.69) is 10.3 Å². The van der Waals surface area contributed by atoms with Gasteiger partial charge in [0.1, 0.15) is 17.6 Å². The Kier molecular flexibility index (Phi) is 4.68. The molecule has 1 aromatic rings. The molecule has 0 amide bonds. The molecule has 1 fully saturated rings. The Balaban J connectivity index is 2.13. The van der Waals surface area contributed by atoms with Crippen LogP contribution in [-0.2, 0) is 6.18 Å². The molecule has 1 heterocycles. The van der Waals surface area contributed by atoms with Gasteiger partial charge in [-0.15, -0.1) is 0 Å². The van der Waals surface area contributed by atoms with Crippen LogP contribution in [0.15, 0.2) is 12.1 Å². The van der Waals surface area contributed by atoms with Crippen LogP contribution < -0.4 is 5.32 Å². The molecule has 114 valence electrons. The van der Waals surface area contributed by atoms with E-state index in [1.54, 1.807) is 0 Å². The van der Waals surface area contributed by atoms with E-state index < -0.39 is 11.9 Å². The van der Waals surface area contributed by atoms with Crippen LogP contribution in [0.2, 0.25) is 0 Å². The quantitative estimate of drug-likeness (QED) is 0.897. The Labute approximate surface area is 120 Å². The molecule has 2 unspecified atom stereocenters. The molecule has 0 saturated heterocycles. The Hall–Kier alpha value is -1.81.